The summed E-state index contributed by atoms with van der Waals surface area (Å²) in [7, 11) is 1.39. The van der Waals surface area contributed by atoms with Crippen LogP contribution in [0.2, 0.25) is 0 Å². The van der Waals surface area contributed by atoms with E-state index in [0.717, 1.165) is 23.1 Å². The van der Waals surface area contributed by atoms with E-state index in [1.165, 1.54) is 7.11 Å². The Morgan fingerprint density at radius 1 is 1.32 bits per heavy atom. The van der Waals surface area contributed by atoms with Gasteiger partial charge < -0.3 is 9.84 Å². The molecule has 3 heteroatoms. The van der Waals surface area contributed by atoms with Crippen molar-refractivity contribution in [2.45, 2.75) is 39.2 Å². The molecule has 0 saturated carbocycles. The SMILES string of the molecule is CCC(=Cc1ccc(C(C)C(=O)OC)cc1)C(C)O. The van der Waals surface area contributed by atoms with Crippen LogP contribution in [0.15, 0.2) is 29.8 Å². The molecule has 1 aromatic rings. The molecule has 2 atom stereocenters. The van der Waals surface area contributed by atoms with Crippen molar-refractivity contribution in [3.05, 3.63) is 41.0 Å². The number of hydrogen-bond donors (Lipinski definition) is 1. The molecule has 1 aromatic carbocycles. The average molecular weight is 262 g/mol. The molecule has 0 aliphatic carbocycles. The van der Waals surface area contributed by atoms with Crippen molar-refractivity contribution in [3.8, 4) is 0 Å². The molecule has 0 heterocycles. The van der Waals surface area contributed by atoms with Gasteiger partial charge in [-0.25, -0.2) is 0 Å². The van der Waals surface area contributed by atoms with Crippen molar-refractivity contribution < 1.29 is 14.6 Å². The number of hydrogen-bond acceptors (Lipinski definition) is 3. The number of benzene rings is 1. The molecular formula is C16H22O3. The zero-order chi connectivity index (χ0) is 14.4. The van der Waals surface area contributed by atoms with Crippen molar-refractivity contribution in [2.75, 3.05) is 7.11 Å². The minimum absolute atomic E-state index is 0.235. The summed E-state index contributed by atoms with van der Waals surface area (Å²) >= 11 is 0. The van der Waals surface area contributed by atoms with Gasteiger partial charge in [0.1, 0.15) is 0 Å². The van der Waals surface area contributed by atoms with E-state index in [2.05, 4.69) is 0 Å². The Morgan fingerprint density at radius 3 is 2.32 bits per heavy atom. The number of ether oxygens (including phenoxy) is 1. The summed E-state index contributed by atoms with van der Waals surface area (Å²) in [5.41, 5.74) is 2.95. The van der Waals surface area contributed by atoms with Crippen LogP contribution >= 0.6 is 0 Å². The van der Waals surface area contributed by atoms with Crippen LogP contribution in [0.4, 0.5) is 0 Å². The summed E-state index contributed by atoms with van der Waals surface area (Å²) in [4.78, 5) is 11.4. The first kappa shape index (κ1) is 15.4. The maximum absolute atomic E-state index is 11.4. The molecule has 0 fully saturated rings. The van der Waals surface area contributed by atoms with Gasteiger partial charge in [0, 0.05) is 0 Å². The summed E-state index contributed by atoms with van der Waals surface area (Å²) in [6.45, 7) is 5.61. The first-order valence-corrected chi connectivity index (χ1v) is 6.55. The highest BCUT2D eigenvalue weighted by Gasteiger charge is 2.14. The molecule has 0 spiro atoms. The van der Waals surface area contributed by atoms with E-state index < -0.39 is 6.10 Å². The zero-order valence-corrected chi connectivity index (χ0v) is 12.0. The van der Waals surface area contributed by atoms with Crippen molar-refractivity contribution in [3.63, 3.8) is 0 Å². The summed E-state index contributed by atoms with van der Waals surface area (Å²) in [6, 6.07) is 7.74. The first-order valence-electron chi connectivity index (χ1n) is 6.55. The third-order valence-electron chi connectivity index (χ3n) is 3.29. The van der Waals surface area contributed by atoms with Gasteiger partial charge in [0.05, 0.1) is 19.1 Å². The number of aliphatic hydroxyl groups is 1. The van der Waals surface area contributed by atoms with E-state index in [4.69, 9.17) is 4.74 Å². The smallest absolute Gasteiger partial charge is 0.312 e. The monoisotopic (exact) mass is 262 g/mol. The van der Waals surface area contributed by atoms with Gasteiger partial charge in [-0.3, -0.25) is 4.79 Å². The Morgan fingerprint density at radius 2 is 1.89 bits per heavy atom. The van der Waals surface area contributed by atoms with Crippen LogP contribution in [0.25, 0.3) is 6.08 Å². The van der Waals surface area contributed by atoms with Crippen LogP contribution in [0, 0.1) is 0 Å². The molecule has 1 N–H and O–H groups in total. The molecule has 19 heavy (non-hydrogen) atoms. The third-order valence-corrected chi connectivity index (χ3v) is 3.29. The van der Waals surface area contributed by atoms with Crippen LogP contribution in [0.3, 0.4) is 0 Å². The Hall–Kier alpha value is -1.61. The lowest BCUT2D eigenvalue weighted by atomic mass is 9.98. The van der Waals surface area contributed by atoms with Crippen LogP contribution in [-0.4, -0.2) is 24.3 Å². The third kappa shape index (κ3) is 4.21. The van der Waals surface area contributed by atoms with Gasteiger partial charge in [-0.2, -0.15) is 0 Å². The molecule has 2 unspecified atom stereocenters. The Labute approximate surface area is 114 Å². The van der Waals surface area contributed by atoms with Crippen molar-refractivity contribution in [1.82, 2.24) is 0 Å². The van der Waals surface area contributed by atoms with Gasteiger partial charge in [0.2, 0.25) is 0 Å². The maximum atomic E-state index is 11.4. The van der Waals surface area contributed by atoms with Crippen molar-refractivity contribution in [1.29, 1.82) is 0 Å². The largest absolute Gasteiger partial charge is 0.469 e. The number of aliphatic hydroxyl groups excluding tert-OH is 1. The van der Waals surface area contributed by atoms with Crippen LogP contribution in [-0.2, 0) is 9.53 Å². The van der Waals surface area contributed by atoms with Crippen LogP contribution in [0.5, 0.6) is 0 Å². The van der Waals surface area contributed by atoms with Gasteiger partial charge in [-0.15, -0.1) is 0 Å². The fraction of sp³-hybridized carbons (Fsp3) is 0.438. The van der Waals surface area contributed by atoms with Crippen LogP contribution < -0.4 is 0 Å². The molecule has 0 bridgehead atoms. The molecule has 1 rings (SSSR count). The second-order valence-corrected chi connectivity index (χ2v) is 4.66. The summed E-state index contributed by atoms with van der Waals surface area (Å²) < 4.78 is 4.73. The Kier molecular flexibility index (Phi) is 5.77. The lowest BCUT2D eigenvalue weighted by molar-refractivity contribution is -0.141. The molecule has 0 aliphatic rings. The minimum atomic E-state index is -0.432. The quantitative estimate of drug-likeness (QED) is 0.829. The first-order chi connectivity index (χ1) is 8.99. The second kappa shape index (κ2) is 7.10. The number of carbonyl (C=O) groups excluding carboxylic acids is 1. The average Bonchev–Trinajstić information content (AvgIpc) is 2.43. The lowest BCUT2D eigenvalue weighted by Gasteiger charge is -2.11. The Bertz CT molecular complexity index is 444. The zero-order valence-electron chi connectivity index (χ0n) is 12.0. The molecular weight excluding hydrogens is 240 g/mol. The topological polar surface area (TPSA) is 46.5 Å². The fourth-order valence-corrected chi connectivity index (χ4v) is 1.93. The lowest BCUT2D eigenvalue weighted by Crippen LogP contribution is -2.10. The summed E-state index contributed by atoms with van der Waals surface area (Å²) in [6.07, 6.45) is 2.37. The normalized spacial score (nSPS) is 14.9. The second-order valence-electron chi connectivity index (χ2n) is 4.66. The summed E-state index contributed by atoms with van der Waals surface area (Å²) in [5.74, 6) is -0.494. The molecule has 104 valence electrons. The molecule has 0 aliphatic heterocycles. The maximum Gasteiger partial charge on any atom is 0.312 e. The van der Waals surface area contributed by atoms with Gasteiger partial charge in [0.15, 0.2) is 0 Å². The van der Waals surface area contributed by atoms with E-state index >= 15 is 0 Å². The predicted octanol–water partition coefficient (Wildman–Crippen LogP) is 3.14. The van der Waals surface area contributed by atoms with E-state index in [1.807, 2.05) is 44.2 Å². The number of esters is 1. The highest BCUT2D eigenvalue weighted by Crippen LogP contribution is 2.19. The number of carbonyl (C=O) groups is 1. The fourth-order valence-electron chi connectivity index (χ4n) is 1.93. The highest BCUT2D eigenvalue weighted by molar-refractivity contribution is 5.77. The minimum Gasteiger partial charge on any atom is -0.469 e. The summed E-state index contributed by atoms with van der Waals surface area (Å²) in [5, 5.41) is 9.59. The van der Waals surface area contributed by atoms with E-state index in [9.17, 15) is 9.90 Å². The van der Waals surface area contributed by atoms with E-state index in [1.54, 1.807) is 6.92 Å². The molecule has 0 amide bonds. The van der Waals surface area contributed by atoms with E-state index in [0.29, 0.717) is 0 Å². The highest BCUT2D eigenvalue weighted by atomic mass is 16.5. The number of methoxy groups -OCH3 is 1. The van der Waals surface area contributed by atoms with Gasteiger partial charge in [-0.05, 0) is 37.0 Å². The molecule has 0 saturated heterocycles. The molecule has 0 radical (unpaired) electrons. The standard InChI is InChI=1S/C16H22O3/c1-5-14(12(3)17)10-13-6-8-15(9-7-13)11(2)16(18)19-4/h6-12,17H,5H2,1-4H3. The van der Waals surface area contributed by atoms with Gasteiger partial charge >= 0.3 is 5.97 Å². The predicted molar refractivity (Wildman–Crippen MR) is 76.8 cm³/mol. The van der Waals surface area contributed by atoms with Crippen LogP contribution in [0.1, 0.15) is 44.2 Å². The van der Waals surface area contributed by atoms with Gasteiger partial charge in [-0.1, -0.05) is 37.3 Å². The van der Waals surface area contributed by atoms with Gasteiger partial charge in [0.25, 0.3) is 0 Å². The molecule has 3 nitrogen and oxygen atoms in total. The van der Waals surface area contributed by atoms with Crippen molar-refractivity contribution in [2.24, 2.45) is 0 Å². The van der Waals surface area contributed by atoms with E-state index in [-0.39, 0.29) is 11.9 Å². The Balaban J connectivity index is 2.90. The molecule has 0 aromatic heterocycles. The number of rotatable bonds is 5. The van der Waals surface area contributed by atoms with Crippen molar-refractivity contribution >= 4 is 12.0 Å².